The normalized spacial score (nSPS) is 32.7. The Morgan fingerprint density at radius 2 is 1.36 bits per heavy atom. The van der Waals surface area contributed by atoms with Crippen molar-refractivity contribution < 1.29 is 0 Å². The van der Waals surface area contributed by atoms with Crippen molar-refractivity contribution in [3.63, 3.8) is 0 Å². The fraction of sp³-hybridized carbons (Fsp3) is 1.00. The fourth-order valence-electron chi connectivity index (χ4n) is 3.47. The Kier molecular flexibility index (Phi) is 7.71. The second kappa shape index (κ2) is 9.05. The molecular weight excluding hydrogens is 319 g/mol. The van der Waals surface area contributed by atoms with Crippen molar-refractivity contribution in [2.24, 2.45) is 0 Å². The van der Waals surface area contributed by atoms with Gasteiger partial charge in [-0.3, -0.25) is 9.80 Å². The summed E-state index contributed by atoms with van der Waals surface area (Å²) in [6, 6.07) is 0. The molecule has 0 amide bonds. The quantitative estimate of drug-likeness (QED) is 0.558. The topological polar surface area (TPSA) is 13.0 Å². The Morgan fingerprint density at radius 3 is 2.09 bits per heavy atom. The van der Waals surface area contributed by atoms with Crippen molar-refractivity contribution >= 4 is 23.2 Å². The van der Waals surface area contributed by atoms with Crippen molar-refractivity contribution in [1.29, 1.82) is 0 Å². The molecule has 0 aromatic rings. The van der Waals surface area contributed by atoms with Gasteiger partial charge in [-0.25, -0.2) is 0 Å². The van der Waals surface area contributed by atoms with Gasteiger partial charge in [0, 0.05) is 39.3 Å². The number of nitrogens with zero attached hydrogens (tertiary/aromatic N) is 4. The molecule has 2 unspecified atom stereocenters. The predicted octanol–water partition coefficient (Wildman–Crippen LogP) is 2.17. The Hall–Kier alpha value is 0.420. The predicted molar refractivity (Wildman–Crippen MR) is 95.9 cm³/mol. The van der Waals surface area contributed by atoms with Crippen LogP contribution in [-0.2, 0) is 0 Å². The van der Waals surface area contributed by atoms with Crippen molar-refractivity contribution in [1.82, 2.24) is 19.6 Å². The monoisotopic (exact) mass is 350 g/mol. The van der Waals surface area contributed by atoms with Crippen LogP contribution in [0.2, 0.25) is 0 Å². The van der Waals surface area contributed by atoms with Crippen LogP contribution in [0.5, 0.6) is 0 Å². The molecule has 6 heteroatoms. The number of hydrogen-bond donors (Lipinski definition) is 0. The van der Waals surface area contributed by atoms with E-state index in [9.17, 15) is 0 Å². The maximum absolute atomic E-state index is 6.75. The minimum atomic E-state index is -0.769. The van der Waals surface area contributed by atoms with Gasteiger partial charge in [-0.2, -0.15) is 0 Å². The van der Waals surface area contributed by atoms with Gasteiger partial charge in [0.05, 0.1) is 0 Å². The van der Waals surface area contributed by atoms with Crippen molar-refractivity contribution in [3.8, 4) is 0 Å². The van der Waals surface area contributed by atoms with E-state index in [1.54, 1.807) is 0 Å². The summed E-state index contributed by atoms with van der Waals surface area (Å²) in [4.78, 5) is 9.81. The molecule has 2 bridgehead atoms. The minimum absolute atomic E-state index is 0.740. The molecule has 0 N–H and O–H groups in total. The molecule has 22 heavy (non-hydrogen) atoms. The first-order valence-corrected chi connectivity index (χ1v) is 9.60. The second-order valence-electron chi connectivity index (χ2n) is 6.50. The second-order valence-corrected chi connectivity index (χ2v) is 7.95. The molecule has 2 rings (SSSR count). The summed E-state index contributed by atoms with van der Waals surface area (Å²) in [6.07, 6.45) is 2.34. The van der Waals surface area contributed by atoms with Gasteiger partial charge in [-0.1, -0.05) is 37.0 Å². The largest absolute Gasteiger partial charge is 0.302 e. The standard InChI is InChI=1S/C16H32Cl2N4/c1-3-19-7-6-10-22-14-13-21(12-11-19)9-5-8-20(4-2)15-16(22,17)18/h3-15H2,1-2H3. The summed E-state index contributed by atoms with van der Waals surface area (Å²) in [7, 11) is 0. The molecule has 0 saturated carbocycles. The van der Waals surface area contributed by atoms with Crippen LogP contribution < -0.4 is 0 Å². The molecule has 2 heterocycles. The van der Waals surface area contributed by atoms with E-state index in [0.717, 1.165) is 65.3 Å². The number of likely N-dealkylation sites (N-methyl/N-ethyl adjacent to an activating group) is 2. The molecule has 130 valence electrons. The highest BCUT2D eigenvalue weighted by atomic mass is 35.5. The maximum atomic E-state index is 6.75. The van der Waals surface area contributed by atoms with Crippen LogP contribution in [0, 0.1) is 0 Å². The van der Waals surface area contributed by atoms with E-state index in [4.69, 9.17) is 23.2 Å². The van der Waals surface area contributed by atoms with Crippen LogP contribution >= 0.6 is 23.2 Å². The molecule has 2 atom stereocenters. The van der Waals surface area contributed by atoms with Crippen LogP contribution in [0.1, 0.15) is 26.7 Å². The van der Waals surface area contributed by atoms with Gasteiger partial charge in [-0.15, -0.1) is 0 Å². The third kappa shape index (κ3) is 5.50. The number of alkyl halides is 2. The molecule has 2 aliphatic heterocycles. The van der Waals surface area contributed by atoms with E-state index in [1.807, 2.05) is 0 Å². The third-order valence-electron chi connectivity index (χ3n) is 5.04. The zero-order valence-corrected chi connectivity index (χ0v) is 15.7. The summed E-state index contributed by atoms with van der Waals surface area (Å²) < 4.78 is -0.769. The highest BCUT2D eigenvalue weighted by Crippen LogP contribution is 2.28. The molecule has 0 aliphatic carbocycles. The lowest BCUT2D eigenvalue weighted by Crippen LogP contribution is -2.53. The first kappa shape index (κ1) is 18.8. The van der Waals surface area contributed by atoms with Gasteiger partial charge < -0.3 is 9.80 Å². The summed E-state index contributed by atoms with van der Waals surface area (Å²) >= 11 is 13.5. The lowest BCUT2D eigenvalue weighted by atomic mass is 10.2. The third-order valence-corrected chi connectivity index (χ3v) is 5.76. The summed E-state index contributed by atoms with van der Waals surface area (Å²) in [5.41, 5.74) is 0. The number of rotatable bonds is 2. The molecule has 2 fully saturated rings. The summed E-state index contributed by atoms with van der Waals surface area (Å²) in [6.45, 7) is 16.1. The number of halogens is 2. The molecule has 2 saturated heterocycles. The van der Waals surface area contributed by atoms with Crippen molar-refractivity contribution in [2.75, 3.05) is 72.0 Å². The van der Waals surface area contributed by atoms with Gasteiger partial charge >= 0.3 is 0 Å². The lowest BCUT2D eigenvalue weighted by molar-refractivity contribution is 0.0994. The SMILES string of the molecule is CCN1CCCN2CCN(CCCN(CC)CC2(Cl)Cl)CC1. The van der Waals surface area contributed by atoms with Crippen LogP contribution in [-0.4, -0.2) is 96.0 Å². The van der Waals surface area contributed by atoms with Gasteiger partial charge in [0.2, 0.25) is 0 Å². The molecule has 0 aromatic carbocycles. The van der Waals surface area contributed by atoms with E-state index in [1.165, 1.54) is 19.5 Å². The smallest absolute Gasteiger partial charge is 0.184 e. The fourth-order valence-corrected chi connectivity index (χ4v) is 4.14. The van der Waals surface area contributed by atoms with Gasteiger partial charge in [0.25, 0.3) is 0 Å². The Bertz CT molecular complexity index is 327. The van der Waals surface area contributed by atoms with E-state index < -0.39 is 4.46 Å². The van der Waals surface area contributed by atoms with E-state index in [0.29, 0.717) is 0 Å². The maximum Gasteiger partial charge on any atom is 0.184 e. The number of hydrogen-bond acceptors (Lipinski definition) is 4. The first-order valence-electron chi connectivity index (χ1n) is 8.85. The Labute approximate surface area is 146 Å². The minimum Gasteiger partial charge on any atom is -0.302 e. The highest BCUT2D eigenvalue weighted by molar-refractivity contribution is 6.48. The van der Waals surface area contributed by atoms with Gasteiger partial charge in [0.1, 0.15) is 0 Å². The van der Waals surface area contributed by atoms with Crippen LogP contribution in [0.25, 0.3) is 0 Å². The van der Waals surface area contributed by atoms with Crippen LogP contribution in [0.3, 0.4) is 0 Å². The highest BCUT2D eigenvalue weighted by Gasteiger charge is 2.34. The molecule has 4 nitrogen and oxygen atoms in total. The number of fused-ring (bicyclic) bond motifs is 3. The van der Waals surface area contributed by atoms with E-state index in [2.05, 4.69) is 33.4 Å². The Morgan fingerprint density at radius 1 is 0.727 bits per heavy atom. The van der Waals surface area contributed by atoms with Crippen molar-refractivity contribution in [3.05, 3.63) is 0 Å². The van der Waals surface area contributed by atoms with Crippen LogP contribution in [0.15, 0.2) is 0 Å². The first-order chi connectivity index (χ1) is 10.5. The van der Waals surface area contributed by atoms with Gasteiger partial charge in [-0.05, 0) is 45.6 Å². The molecule has 0 aromatic heterocycles. The zero-order valence-electron chi connectivity index (χ0n) is 14.2. The van der Waals surface area contributed by atoms with E-state index in [-0.39, 0.29) is 0 Å². The summed E-state index contributed by atoms with van der Waals surface area (Å²) in [5, 5.41) is 0. The Balaban J connectivity index is 2.11. The molecular formula is C16H32Cl2N4. The molecule has 0 radical (unpaired) electrons. The molecule has 2 aliphatic rings. The van der Waals surface area contributed by atoms with Crippen LogP contribution in [0.4, 0.5) is 0 Å². The van der Waals surface area contributed by atoms with E-state index >= 15 is 0 Å². The lowest BCUT2D eigenvalue weighted by Gasteiger charge is -2.41. The van der Waals surface area contributed by atoms with Crippen molar-refractivity contribution in [2.45, 2.75) is 31.1 Å². The summed E-state index contributed by atoms with van der Waals surface area (Å²) in [5.74, 6) is 0. The zero-order chi connectivity index (χ0) is 16.0. The average Bonchev–Trinajstić information content (AvgIpc) is 2.51. The average molecular weight is 351 g/mol. The van der Waals surface area contributed by atoms with Gasteiger partial charge in [0.15, 0.2) is 4.46 Å². The molecule has 0 spiro atoms.